The molecule has 2 N–H and O–H groups in total. The van der Waals surface area contributed by atoms with Gasteiger partial charge in [0, 0.05) is 11.3 Å². The van der Waals surface area contributed by atoms with E-state index < -0.39 is 29.3 Å². The van der Waals surface area contributed by atoms with Gasteiger partial charge in [-0.1, -0.05) is 47.4 Å². The van der Waals surface area contributed by atoms with Crippen molar-refractivity contribution in [3.8, 4) is 11.5 Å². The number of Topliss-reactive ketones (excluding diaryl/α,β-unsaturated/α-hetero) is 1. The highest BCUT2D eigenvalue weighted by Gasteiger charge is 2.48. The van der Waals surface area contributed by atoms with Crippen LogP contribution in [0.4, 0.5) is 13.9 Å². The Hall–Kier alpha value is -4.29. The Labute approximate surface area is 235 Å². The van der Waals surface area contributed by atoms with Gasteiger partial charge in [-0.15, -0.1) is 10.2 Å². The second-order valence-corrected chi connectivity index (χ2v) is 10.7. The quantitative estimate of drug-likeness (QED) is 0.0878. The van der Waals surface area contributed by atoms with Crippen LogP contribution in [-0.4, -0.2) is 38.7 Å². The van der Waals surface area contributed by atoms with E-state index in [1.807, 2.05) is 0 Å². The van der Waals surface area contributed by atoms with Gasteiger partial charge < -0.3 is 14.9 Å². The summed E-state index contributed by atoms with van der Waals surface area (Å²) < 4.78 is 33.5. The number of carbonyl (C=O) groups is 2. The molecule has 5 rings (SSSR count). The van der Waals surface area contributed by atoms with Crippen LogP contribution in [0.3, 0.4) is 0 Å². The fraction of sp³-hybridized carbons (Fsp3) is 0.143. The molecule has 1 aliphatic heterocycles. The summed E-state index contributed by atoms with van der Waals surface area (Å²) in [6, 6.07) is 14.3. The number of benzene rings is 3. The monoisotopic (exact) mass is 581 g/mol. The van der Waals surface area contributed by atoms with E-state index in [4.69, 9.17) is 4.74 Å². The average Bonchev–Trinajstić information content (AvgIpc) is 3.51. The normalized spacial score (nSPS) is 16.5. The number of ketones is 1. The highest BCUT2D eigenvalue weighted by molar-refractivity contribution is 8.00. The average molecular weight is 582 g/mol. The van der Waals surface area contributed by atoms with Crippen LogP contribution in [-0.2, 0) is 15.3 Å². The molecule has 40 heavy (non-hydrogen) atoms. The highest BCUT2D eigenvalue weighted by Crippen LogP contribution is 2.45. The first-order chi connectivity index (χ1) is 19.3. The van der Waals surface area contributed by atoms with Gasteiger partial charge in [-0.2, -0.15) is 0 Å². The van der Waals surface area contributed by atoms with Crippen LogP contribution in [0.2, 0.25) is 0 Å². The lowest BCUT2D eigenvalue weighted by Gasteiger charge is -2.23. The molecule has 1 amide bonds. The van der Waals surface area contributed by atoms with E-state index in [-0.39, 0.29) is 45.9 Å². The van der Waals surface area contributed by atoms with E-state index in [2.05, 4.69) is 10.2 Å². The molecule has 204 valence electrons. The zero-order valence-electron chi connectivity index (χ0n) is 20.9. The van der Waals surface area contributed by atoms with Crippen molar-refractivity contribution in [2.75, 3.05) is 11.5 Å². The number of aliphatic hydroxyl groups is 1. The van der Waals surface area contributed by atoms with Crippen LogP contribution < -0.4 is 9.64 Å². The maximum atomic E-state index is 14.1. The molecule has 0 radical (unpaired) electrons. The predicted molar refractivity (Wildman–Crippen MR) is 146 cm³/mol. The van der Waals surface area contributed by atoms with E-state index in [0.29, 0.717) is 15.5 Å². The van der Waals surface area contributed by atoms with Gasteiger partial charge in [-0.25, -0.2) is 8.78 Å². The minimum absolute atomic E-state index is 0.0762. The molecule has 4 aromatic rings. The Morgan fingerprint density at radius 3 is 2.55 bits per heavy atom. The summed E-state index contributed by atoms with van der Waals surface area (Å²) in [5.74, 6) is -3.10. The number of amides is 1. The molecule has 1 unspecified atom stereocenters. The molecule has 2 heterocycles. The number of hydrogen-bond donors (Lipinski definition) is 2. The first kappa shape index (κ1) is 27.3. The molecular weight excluding hydrogens is 560 g/mol. The van der Waals surface area contributed by atoms with E-state index in [0.717, 1.165) is 28.4 Å². The summed E-state index contributed by atoms with van der Waals surface area (Å²) >= 11 is 2.24. The van der Waals surface area contributed by atoms with Gasteiger partial charge in [-0.05, 0) is 60.5 Å². The lowest BCUT2D eigenvalue weighted by Crippen LogP contribution is -2.29. The second kappa shape index (κ2) is 11.4. The Bertz CT molecular complexity index is 1620. The molecular formula is C28H21F2N3O5S2. The molecule has 0 saturated carbocycles. The number of halogens is 2. The van der Waals surface area contributed by atoms with Gasteiger partial charge in [0.15, 0.2) is 15.8 Å². The van der Waals surface area contributed by atoms with Gasteiger partial charge in [0.25, 0.3) is 5.78 Å². The molecule has 0 bridgehead atoms. The molecule has 1 aliphatic rings. The van der Waals surface area contributed by atoms with E-state index in [1.165, 1.54) is 48.2 Å². The Balaban J connectivity index is 1.58. The third-order valence-electron chi connectivity index (χ3n) is 6.07. The summed E-state index contributed by atoms with van der Waals surface area (Å²) in [7, 11) is 0. The Morgan fingerprint density at radius 1 is 1.07 bits per heavy atom. The number of thioether (sulfide) groups is 1. The maximum absolute atomic E-state index is 14.1. The number of aromatic nitrogens is 2. The minimum Gasteiger partial charge on any atom is -0.507 e. The lowest BCUT2D eigenvalue weighted by atomic mass is 9.95. The molecule has 1 fully saturated rings. The van der Waals surface area contributed by atoms with Crippen LogP contribution in [0.5, 0.6) is 11.5 Å². The number of hydrogen-bond acceptors (Lipinski definition) is 9. The number of aliphatic hydroxyl groups excluding tert-OH is 1. The number of carbonyl (C=O) groups excluding carboxylic acids is 2. The summed E-state index contributed by atoms with van der Waals surface area (Å²) in [5.41, 5.74) is 0.698. The van der Waals surface area contributed by atoms with Gasteiger partial charge in [-0.3, -0.25) is 14.5 Å². The van der Waals surface area contributed by atoms with Crippen molar-refractivity contribution in [1.29, 1.82) is 0 Å². The van der Waals surface area contributed by atoms with Crippen LogP contribution in [0.15, 0.2) is 76.6 Å². The van der Waals surface area contributed by atoms with Crippen LogP contribution in [0.1, 0.15) is 29.7 Å². The number of phenolic OH excluding ortho intramolecular Hbond substituents is 1. The highest BCUT2D eigenvalue weighted by atomic mass is 32.2. The van der Waals surface area contributed by atoms with Crippen LogP contribution in [0, 0.1) is 11.6 Å². The van der Waals surface area contributed by atoms with Crippen LogP contribution >= 0.6 is 23.1 Å². The summed E-state index contributed by atoms with van der Waals surface area (Å²) in [6.45, 7) is 1.97. The topological polar surface area (TPSA) is 113 Å². The van der Waals surface area contributed by atoms with Gasteiger partial charge in [0.1, 0.15) is 17.4 Å². The molecule has 0 spiro atoms. The molecule has 1 atom stereocenters. The standard InChI is InChI=1S/C28H21F2N3O5S2/c1-2-38-21-13-16(9-12-20(21)34)23-22(24(35)15-7-10-18(29)11-8-15)25(36)26(37)33(23)27-31-32-28(40-27)39-14-17-5-3-4-6-19(17)30/h3-13,23,34-35H,2,14H2,1H3/b24-22-. The van der Waals surface area contributed by atoms with Gasteiger partial charge >= 0.3 is 5.91 Å². The van der Waals surface area contributed by atoms with Gasteiger partial charge in [0.05, 0.1) is 18.2 Å². The SMILES string of the molecule is CCOc1cc(C2/C(=C(/O)c3ccc(F)cc3)C(=O)C(=O)N2c2nnc(SCc3ccccc3F)s2)ccc1O. The van der Waals surface area contributed by atoms with Crippen molar-refractivity contribution >= 4 is 45.7 Å². The fourth-order valence-electron chi connectivity index (χ4n) is 4.19. The van der Waals surface area contributed by atoms with E-state index in [1.54, 1.807) is 25.1 Å². The van der Waals surface area contributed by atoms with Crippen molar-refractivity contribution in [3.05, 3.63) is 101 Å². The number of nitrogens with zero attached hydrogens (tertiary/aromatic N) is 3. The number of phenols is 1. The molecule has 1 saturated heterocycles. The van der Waals surface area contributed by atoms with Crippen LogP contribution in [0.25, 0.3) is 5.76 Å². The van der Waals surface area contributed by atoms with Crippen molar-refractivity contribution < 1.29 is 33.3 Å². The minimum atomic E-state index is -1.16. The van der Waals surface area contributed by atoms with E-state index >= 15 is 0 Å². The van der Waals surface area contributed by atoms with Crippen molar-refractivity contribution in [3.63, 3.8) is 0 Å². The smallest absolute Gasteiger partial charge is 0.301 e. The molecule has 0 aliphatic carbocycles. The third kappa shape index (κ3) is 5.27. The number of anilines is 1. The first-order valence-corrected chi connectivity index (χ1v) is 13.8. The maximum Gasteiger partial charge on any atom is 0.301 e. The summed E-state index contributed by atoms with van der Waals surface area (Å²) in [6.07, 6.45) is 0. The first-order valence-electron chi connectivity index (χ1n) is 12.0. The summed E-state index contributed by atoms with van der Waals surface area (Å²) in [4.78, 5) is 27.8. The van der Waals surface area contributed by atoms with Crippen molar-refractivity contribution in [1.82, 2.24) is 10.2 Å². The predicted octanol–water partition coefficient (Wildman–Crippen LogP) is 5.84. The van der Waals surface area contributed by atoms with Gasteiger partial charge in [0.2, 0.25) is 5.13 Å². The second-order valence-electron chi connectivity index (χ2n) is 8.57. The number of rotatable bonds is 8. The third-order valence-corrected chi connectivity index (χ3v) is 8.18. The summed E-state index contributed by atoms with van der Waals surface area (Å²) in [5, 5.41) is 29.7. The van der Waals surface area contributed by atoms with E-state index in [9.17, 15) is 28.6 Å². The molecule has 8 nitrogen and oxygen atoms in total. The van der Waals surface area contributed by atoms with Crippen molar-refractivity contribution in [2.24, 2.45) is 0 Å². The Kier molecular flexibility index (Phi) is 7.81. The van der Waals surface area contributed by atoms with Crippen molar-refractivity contribution in [2.45, 2.75) is 23.1 Å². The zero-order chi connectivity index (χ0) is 28.4. The lowest BCUT2D eigenvalue weighted by molar-refractivity contribution is -0.132. The Morgan fingerprint density at radius 2 is 1.82 bits per heavy atom. The molecule has 1 aromatic heterocycles. The fourth-order valence-corrected chi connectivity index (χ4v) is 6.05. The molecule has 3 aromatic carbocycles. The zero-order valence-corrected chi connectivity index (χ0v) is 22.5. The number of aromatic hydroxyl groups is 1. The number of ether oxygens (including phenoxy) is 1. The largest absolute Gasteiger partial charge is 0.507 e. The molecule has 12 heteroatoms.